The van der Waals surface area contributed by atoms with Crippen LogP contribution in [0.15, 0.2) is 66.0 Å². The van der Waals surface area contributed by atoms with Gasteiger partial charge in [-0.15, -0.1) is 11.3 Å². The minimum absolute atomic E-state index is 0.000814. The highest BCUT2D eigenvalue weighted by Gasteiger charge is 2.26. The Bertz CT molecular complexity index is 1100. The molecule has 1 atom stereocenters. The molecule has 0 aliphatic heterocycles. The van der Waals surface area contributed by atoms with E-state index in [1.165, 1.54) is 37.0 Å². The Hall–Kier alpha value is -2.99. The van der Waals surface area contributed by atoms with E-state index in [-0.39, 0.29) is 30.2 Å². The van der Waals surface area contributed by atoms with Gasteiger partial charge in [0.2, 0.25) is 5.91 Å². The molecule has 2 amide bonds. The van der Waals surface area contributed by atoms with Crippen LogP contribution in [0.2, 0.25) is 0 Å². The van der Waals surface area contributed by atoms with E-state index in [9.17, 15) is 14.0 Å². The SMILES string of the molecule is CCCCCCc1ccc(C(=O)N(CC(=O)N(Cc2ccc(F)cc2)Cc2cccs2)C(C)CC)cc1. The third-order valence-electron chi connectivity index (χ3n) is 6.78. The van der Waals surface area contributed by atoms with Gasteiger partial charge in [0.25, 0.3) is 5.91 Å². The van der Waals surface area contributed by atoms with Crippen molar-refractivity contribution < 1.29 is 14.0 Å². The number of rotatable bonds is 14. The summed E-state index contributed by atoms with van der Waals surface area (Å²) in [5.74, 6) is -0.558. The van der Waals surface area contributed by atoms with Gasteiger partial charge in [0.1, 0.15) is 12.4 Å². The van der Waals surface area contributed by atoms with Crippen molar-refractivity contribution in [3.63, 3.8) is 0 Å². The summed E-state index contributed by atoms with van der Waals surface area (Å²) < 4.78 is 13.4. The number of halogens is 1. The Morgan fingerprint density at radius 2 is 1.59 bits per heavy atom. The van der Waals surface area contributed by atoms with E-state index in [0.29, 0.717) is 18.7 Å². The standard InChI is InChI=1S/C31H39FN2O2S/c1-4-6-7-8-10-25-12-16-27(17-13-25)31(36)34(24(3)5-2)23-30(35)33(22-29-11-9-20-37-29)21-26-14-18-28(32)19-15-26/h9,11-20,24H,4-8,10,21-23H2,1-3H3. The molecule has 37 heavy (non-hydrogen) atoms. The Labute approximate surface area is 225 Å². The minimum atomic E-state index is -0.305. The van der Waals surface area contributed by atoms with Crippen LogP contribution < -0.4 is 0 Å². The molecule has 0 aliphatic rings. The van der Waals surface area contributed by atoms with Crippen molar-refractivity contribution in [1.29, 1.82) is 0 Å². The summed E-state index contributed by atoms with van der Waals surface area (Å²) in [6.45, 7) is 7.01. The molecule has 3 aromatic rings. The second-order valence-electron chi connectivity index (χ2n) is 9.65. The number of carbonyl (C=O) groups excluding carboxylic acids is 2. The van der Waals surface area contributed by atoms with Crippen molar-refractivity contribution in [3.05, 3.63) is 93.4 Å². The summed E-state index contributed by atoms with van der Waals surface area (Å²) in [6.07, 6.45) is 6.61. The molecule has 1 aromatic heterocycles. The fourth-order valence-electron chi connectivity index (χ4n) is 4.26. The van der Waals surface area contributed by atoms with Gasteiger partial charge in [0.05, 0.1) is 6.54 Å². The highest BCUT2D eigenvalue weighted by molar-refractivity contribution is 7.09. The second kappa shape index (κ2) is 14.7. The zero-order chi connectivity index (χ0) is 26.6. The minimum Gasteiger partial charge on any atom is -0.332 e. The molecule has 4 nitrogen and oxygen atoms in total. The van der Waals surface area contributed by atoms with Gasteiger partial charge < -0.3 is 9.80 Å². The van der Waals surface area contributed by atoms with E-state index in [1.807, 2.05) is 55.6 Å². The Morgan fingerprint density at radius 1 is 0.892 bits per heavy atom. The number of benzene rings is 2. The molecule has 2 aromatic carbocycles. The molecular formula is C31H39FN2O2S. The number of hydrogen-bond donors (Lipinski definition) is 0. The fourth-order valence-corrected chi connectivity index (χ4v) is 4.98. The number of aryl methyl sites for hydroxylation is 1. The summed E-state index contributed by atoms with van der Waals surface area (Å²) in [5.41, 5.74) is 2.69. The Kier molecular flexibility index (Phi) is 11.3. The molecule has 0 aliphatic carbocycles. The molecule has 1 heterocycles. The van der Waals surface area contributed by atoms with Crippen molar-refractivity contribution in [1.82, 2.24) is 9.80 Å². The van der Waals surface area contributed by atoms with E-state index < -0.39 is 0 Å². The van der Waals surface area contributed by atoms with Crippen molar-refractivity contribution >= 4 is 23.2 Å². The van der Waals surface area contributed by atoms with Crippen LogP contribution in [0.3, 0.4) is 0 Å². The summed E-state index contributed by atoms with van der Waals surface area (Å²) >= 11 is 1.59. The van der Waals surface area contributed by atoms with Crippen LogP contribution in [0, 0.1) is 5.82 Å². The highest BCUT2D eigenvalue weighted by Crippen LogP contribution is 2.18. The van der Waals surface area contributed by atoms with E-state index in [2.05, 4.69) is 6.92 Å². The van der Waals surface area contributed by atoms with E-state index in [4.69, 9.17) is 0 Å². The monoisotopic (exact) mass is 522 g/mol. The number of hydrogen-bond acceptors (Lipinski definition) is 3. The van der Waals surface area contributed by atoms with Gasteiger partial charge in [-0.1, -0.05) is 63.4 Å². The first kappa shape index (κ1) is 28.6. The molecule has 0 spiro atoms. The van der Waals surface area contributed by atoms with E-state index in [1.54, 1.807) is 33.3 Å². The predicted molar refractivity (Wildman–Crippen MR) is 150 cm³/mol. The van der Waals surface area contributed by atoms with Crippen LogP contribution in [0.25, 0.3) is 0 Å². The molecule has 1 unspecified atom stereocenters. The predicted octanol–water partition coefficient (Wildman–Crippen LogP) is 7.48. The molecule has 0 fully saturated rings. The maximum Gasteiger partial charge on any atom is 0.254 e. The quantitative estimate of drug-likeness (QED) is 0.206. The van der Waals surface area contributed by atoms with Gasteiger partial charge in [-0.2, -0.15) is 0 Å². The summed E-state index contributed by atoms with van der Waals surface area (Å²) in [6, 6.07) is 17.9. The summed E-state index contributed by atoms with van der Waals surface area (Å²) in [7, 11) is 0. The zero-order valence-electron chi connectivity index (χ0n) is 22.3. The molecule has 198 valence electrons. The van der Waals surface area contributed by atoms with Crippen LogP contribution >= 0.6 is 11.3 Å². The van der Waals surface area contributed by atoms with Gasteiger partial charge in [-0.3, -0.25) is 9.59 Å². The van der Waals surface area contributed by atoms with Crippen molar-refractivity contribution in [3.8, 4) is 0 Å². The molecule has 0 bridgehead atoms. The Morgan fingerprint density at radius 3 is 2.22 bits per heavy atom. The molecule has 0 N–H and O–H groups in total. The van der Waals surface area contributed by atoms with Crippen LogP contribution in [-0.2, 0) is 24.3 Å². The number of amides is 2. The highest BCUT2D eigenvalue weighted by atomic mass is 32.1. The topological polar surface area (TPSA) is 40.6 Å². The lowest BCUT2D eigenvalue weighted by Gasteiger charge is -2.31. The smallest absolute Gasteiger partial charge is 0.254 e. The first-order valence-electron chi connectivity index (χ1n) is 13.4. The van der Waals surface area contributed by atoms with Gasteiger partial charge in [0.15, 0.2) is 0 Å². The normalized spacial score (nSPS) is 11.8. The lowest BCUT2D eigenvalue weighted by Crippen LogP contribution is -2.46. The first-order chi connectivity index (χ1) is 17.9. The van der Waals surface area contributed by atoms with Crippen LogP contribution in [0.1, 0.15) is 79.2 Å². The zero-order valence-corrected chi connectivity index (χ0v) is 23.1. The lowest BCUT2D eigenvalue weighted by molar-refractivity contribution is -0.133. The first-order valence-corrected chi connectivity index (χ1v) is 14.2. The van der Waals surface area contributed by atoms with Gasteiger partial charge >= 0.3 is 0 Å². The van der Waals surface area contributed by atoms with Gasteiger partial charge in [0, 0.05) is 23.0 Å². The maximum absolute atomic E-state index is 13.6. The fraction of sp³-hybridized carbons (Fsp3) is 0.419. The molecule has 0 saturated carbocycles. The number of thiophene rings is 1. The van der Waals surface area contributed by atoms with Crippen molar-refractivity contribution in [2.24, 2.45) is 0 Å². The van der Waals surface area contributed by atoms with Crippen molar-refractivity contribution in [2.75, 3.05) is 6.54 Å². The average Bonchev–Trinajstić information content (AvgIpc) is 3.43. The molecular weight excluding hydrogens is 483 g/mol. The van der Waals surface area contributed by atoms with E-state index >= 15 is 0 Å². The van der Waals surface area contributed by atoms with Crippen molar-refractivity contribution in [2.45, 2.75) is 78.4 Å². The van der Waals surface area contributed by atoms with Crippen LogP contribution in [0.5, 0.6) is 0 Å². The van der Waals surface area contributed by atoms with E-state index in [0.717, 1.165) is 29.7 Å². The number of unbranched alkanes of at least 4 members (excludes halogenated alkanes) is 3. The van der Waals surface area contributed by atoms with Crippen LogP contribution in [-0.4, -0.2) is 34.2 Å². The Balaban J connectivity index is 1.74. The maximum atomic E-state index is 13.6. The third-order valence-corrected chi connectivity index (χ3v) is 7.64. The van der Waals surface area contributed by atoms with Gasteiger partial charge in [-0.25, -0.2) is 4.39 Å². The summed E-state index contributed by atoms with van der Waals surface area (Å²) in [5, 5.41) is 1.98. The number of nitrogens with zero attached hydrogens (tertiary/aromatic N) is 2. The van der Waals surface area contributed by atoms with Gasteiger partial charge in [-0.05, 0) is 73.0 Å². The molecule has 3 rings (SSSR count). The molecule has 6 heteroatoms. The third kappa shape index (κ3) is 8.81. The molecule has 0 radical (unpaired) electrons. The van der Waals surface area contributed by atoms with Crippen LogP contribution in [0.4, 0.5) is 4.39 Å². The number of carbonyl (C=O) groups is 2. The molecule has 0 saturated heterocycles. The second-order valence-corrected chi connectivity index (χ2v) is 10.7. The summed E-state index contributed by atoms with van der Waals surface area (Å²) in [4.78, 5) is 31.6. The largest absolute Gasteiger partial charge is 0.332 e. The average molecular weight is 523 g/mol. The lowest BCUT2D eigenvalue weighted by atomic mass is 10.0.